The average molecular weight is 272 g/mol. The number of hydrogen-bond acceptors (Lipinski definition) is 4. The SMILES string of the molecule is CC(C)(C)OC(=O)NC1CCCCCNC1C(=O)O. The largest absolute Gasteiger partial charge is 0.480 e. The van der Waals surface area contributed by atoms with Gasteiger partial charge in [-0.25, -0.2) is 4.79 Å². The van der Waals surface area contributed by atoms with Gasteiger partial charge >= 0.3 is 12.1 Å². The number of carbonyl (C=O) groups is 2. The molecule has 0 bridgehead atoms. The van der Waals surface area contributed by atoms with Crippen LogP contribution >= 0.6 is 0 Å². The first-order chi connectivity index (χ1) is 8.79. The Morgan fingerprint density at radius 3 is 2.53 bits per heavy atom. The van der Waals surface area contributed by atoms with Gasteiger partial charge in [-0.1, -0.05) is 12.8 Å². The minimum absolute atomic E-state index is 0.437. The number of rotatable bonds is 2. The molecule has 0 spiro atoms. The van der Waals surface area contributed by atoms with Crippen LogP contribution in [0.4, 0.5) is 4.79 Å². The second-order valence-corrected chi connectivity index (χ2v) is 5.87. The van der Waals surface area contributed by atoms with E-state index in [0.717, 1.165) is 19.3 Å². The molecular formula is C13H24N2O4. The van der Waals surface area contributed by atoms with Crippen molar-refractivity contribution in [3.8, 4) is 0 Å². The van der Waals surface area contributed by atoms with Crippen LogP contribution in [0.5, 0.6) is 0 Å². The third-order valence-corrected chi connectivity index (χ3v) is 2.93. The Hall–Kier alpha value is -1.30. The van der Waals surface area contributed by atoms with Gasteiger partial charge in [0.25, 0.3) is 0 Å². The van der Waals surface area contributed by atoms with Crippen LogP contribution in [0.15, 0.2) is 0 Å². The van der Waals surface area contributed by atoms with Crippen LogP contribution in [-0.2, 0) is 9.53 Å². The fourth-order valence-electron chi connectivity index (χ4n) is 2.11. The van der Waals surface area contributed by atoms with E-state index < -0.39 is 29.7 Å². The van der Waals surface area contributed by atoms with Gasteiger partial charge in [0.2, 0.25) is 0 Å². The molecule has 1 aliphatic heterocycles. The summed E-state index contributed by atoms with van der Waals surface area (Å²) in [5.74, 6) is -0.942. The van der Waals surface area contributed by atoms with Crippen molar-refractivity contribution in [2.24, 2.45) is 0 Å². The minimum atomic E-state index is -0.942. The summed E-state index contributed by atoms with van der Waals surface area (Å²) < 4.78 is 5.17. The fraction of sp³-hybridized carbons (Fsp3) is 0.846. The fourth-order valence-corrected chi connectivity index (χ4v) is 2.11. The summed E-state index contributed by atoms with van der Waals surface area (Å²) in [5.41, 5.74) is -0.585. The number of nitrogens with one attached hydrogen (secondary N) is 2. The summed E-state index contributed by atoms with van der Waals surface area (Å²) in [6.45, 7) is 5.98. The molecule has 19 heavy (non-hydrogen) atoms. The minimum Gasteiger partial charge on any atom is -0.480 e. The molecule has 6 heteroatoms. The average Bonchev–Trinajstić information content (AvgIpc) is 2.18. The van der Waals surface area contributed by atoms with Crippen molar-refractivity contribution in [2.75, 3.05) is 6.54 Å². The molecule has 0 radical (unpaired) electrons. The number of amides is 1. The van der Waals surface area contributed by atoms with Crippen molar-refractivity contribution in [1.29, 1.82) is 0 Å². The Morgan fingerprint density at radius 2 is 1.95 bits per heavy atom. The van der Waals surface area contributed by atoms with Crippen LogP contribution in [-0.4, -0.2) is 41.4 Å². The van der Waals surface area contributed by atoms with Crippen molar-refractivity contribution < 1.29 is 19.4 Å². The summed E-state index contributed by atoms with van der Waals surface area (Å²) in [6, 6.07) is -1.19. The van der Waals surface area contributed by atoms with Crippen LogP contribution in [0.25, 0.3) is 0 Å². The molecule has 1 rings (SSSR count). The summed E-state index contributed by atoms with van der Waals surface area (Å²) >= 11 is 0. The number of aliphatic carboxylic acids is 1. The molecule has 0 aliphatic carbocycles. The number of ether oxygens (including phenoxy) is 1. The normalized spacial score (nSPS) is 25.0. The molecule has 3 N–H and O–H groups in total. The molecule has 0 saturated carbocycles. The number of carboxylic acids is 1. The van der Waals surface area contributed by atoms with Gasteiger partial charge in [-0.2, -0.15) is 0 Å². The second-order valence-electron chi connectivity index (χ2n) is 5.87. The highest BCUT2D eigenvalue weighted by Crippen LogP contribution is 2.13. The van der Waals surface area contributed by atoms with Crippen molar-refractivity contribution in [1.82, 2.24) is 10.6 Å². The summed E-state index contributed by atoms with van der Waals surface area (Å²) in [7, 11) is 0. The maximum Gasteiger partial charge on any atom is 0.407 e. The Morgan fingerprint density at radius 1 is 1.26 bits per heavy atom. The lowest BCUT2D eigenvalue weighted by Crippen LogP contribution is -2.55. The summed E-state index contributed by atoms with van der Waals surface area (Å²) in [6.07, 6.45) is 2.98. The van der Waals surface area contributed by atoms with Crippen LogP contribution in [0.3, 0.4) is 0 Å². The Labute approximate surface area is 113 Å². The zero-order valence-corrected chi connectivity index (χ0v) is 11.9. The van der Waals surface area contributed by atoms with Crippen LogP contribution < -0.4 is 10.6 Å². The molecule has 0 aromatic heterocycles. The molecule has 1 aliphatic rings. The molecular weight excluding hydrogens is 248 g/mol. The first-order valence-electron chi connectivity index (χ1n) is 6.75. The Kier molecular flexibility index (Phi) is 5.60. The van der Waals surface area contributed by atoms with E-state index in [1.165, 1.54) is 0 Å². The highest BCUT2D eigenvalue weighted by molar-refractivity contribution is 5.76. The number of hydrogen-bond donors (Lipinski definition) is 3. The standard InChI is InChI=1S/C13H24N2O4/c1-13(2,3)19-12(18)15-9-7-5-4-6-8-14-10(9)11(16)17/h9-10,14H,4-8H2,1-3H3,(H,15,18)(H,16,17). The van der Waals surface area contributed by atoms with Gasteiger partial charge in [-0.15, -0.1) is 0 Å². The molecule has 110 valence electrons. The van der Waals surface area contributed by atoms with E-state index in [1.54, 1.807) is 20.8 Å². The van der Waals surface area contributed by atoms with Crippen molar-refractivity contribution in [3.63, 3.8) is 0 Å². The third-order valence-electron chi connectivity index (χ3n) is 2.93. The molecule has 2 unspecified atom stereocenters. The lowest BCUT2D eigenvalue weighted by atomic mass is 9.98. The predicted molar refractivity (Wildman–Crippen MR) is 71.1 cm³/mol. The quantitative estimate of drug-likeness (QED) is 0.709. The van der Waals surface area contributed by atoms with Crippen LogP contribution in [0, 0.1) is 0 Å². The van der Waals surface area contributed by atoms with E-state index in [2.05, 4.69) is 10.6 Å². The van der Waals surface area contributed by atoms with Gasteiger partial charge in [-0.05, 0) is 40.2 Å². The highest BCUT2D eigenvalue weighted by Gasteiger charge is 2.31. The first-order valence-corrected chi connectivity index (χ1v) is 6.75. The monoisotopic (exact) mass is 272 g/mol. The summed E-state index contributed by atoms with van der Waals surface area (Å²) in [5, 5.41) is 14.9. The molecule has 1 fully saturated rings. The Balaban J connectivity index is 2.63. The van der Waals surface area contributed by atoms with Gasteiger partial charge in [0, 0.05) is 0 Å². The van der Waals surface area contributed by atoms with Gasteiger partial charge < -0.3 is 20.5 Å². The molecule has 1 amide bonds. The number of carboxylic acid groups (broad SMARTS) is 1. The zero-order valence-electron chi connectivity index (χ0n) is 11.9. The topological polar surface area (TPSA) is 87.7 Å². The molecule has 0 aromatic carbocycles. The van der Waals surface area contributed by atoms with Crippen LogP contribution in [0.2, 0.25) is 0 Å². The van der Waals surface area contributed by atoms with Crippen molar-refractivity contribution >= 4 is 12.1 Å². The maximum absolute atomic E-state index is 11.7. The molecule has 1 saturated heterocycles. The smallest absolute Gasteiger partial charge is 0.407 e. The summed E-state index contributed by atoms with van der Waals surface area (Å²) in [4.78, 5) is 23.0. The lowest BCUT2D eigenvalue weighted by Gasteiger charge is -2.29. The van der Waals surface area contributed by atoms with E-state index in [0.29, 0.717) is 13.0 Å². The van der Waals surface area contributed by atoms with E-state index >= 15 is 0 Å². The van der Waals surface area contributed by atoms with E-state index in [9.17, 15) is 14.7 Å². The van der Waals surface area contributed by atoms with E-state index in [1.807, 2.05) is 0 Å². The first kappa shape index (κ1) is 15.8. The Bertz CT molecular complexity index is 325. The van der Waals surface area contributed by atoms with Gasteiger partial charge in [-0.3, -0.25) is 4.79 Å². The molecule has 1 heterocycles. The van der Waals surface area contributed by atoms with Crippen LogP contribution in [0.1, 0.15) is 46.5 Å². The second kappa shape index (κ2) is 6.75. The van der Waals surface area contributed by atoms with Gasteiger partial charge in [0.05, 0.1) is 6.04 Å². The molecule has 0 aromatic rings. The lowest BCUT2D eigenvalue weighted by molar-refractivity contribution is -0.140. The van der Waals surface area contributed by atoms with Gasteiger partial charge in [0.1, 0.15) is 11.6 Å². The van der Waals surface area contributed by atoms with E-state index in [-0.39, 0.29) is 0 Å². The van der Waals surface area contributed by atoms with Crippen molar-refractivity contribution in [3.05, 3.63) is 0 Å². The van der Waals surface area contributed by atoms with Crippen molar-refractivity contribution in [2.45, 2.75) is 64.1 Å². The molecule has 6 nitrogen and oxygen atoms in total. The highest BCUT2D eigenvalue weighted by atomic mass is 16.6. The number of alkyl carbamates (subject to hydrolysis) is 1. The zero-order chi connectivity index (χ0) is 14.5. The number of carbonyl (C=O) groups excluding carboxylic acids is 1. The maximum atomic E-state index is 11.7. The third kappa shape index (κ3) is 5.92. The predicted octanol–water partition coefficient (Wildman–Crippen LogP) is 1.50. The molecule has 2 atom stereocenters. The van der Waals surface area contributed by atoms with E-state index in [4.69, 9.17) is 4.74 Å². The van der Waals surface area contributed by atoms with Gasteiger partial charge in [0.15, 0.2) is 0 Å².